The second kappa shape index (κ2) is 8.68. The van der Waals surface area contributed by atoms with Crippen molar-refractivity contribution < 1.29 is 8.42 Å². The number of thiazole rings is 1. The molecule has 8 heteroatoms. The van der Waals surface area contributed by atoms with E-state index in [1.165, 1.54) is 15.6 Å². The van der Waals surface area contributed by atoms with E-state index in [-0.39, 0.29) is 0 Å². The third-order valence-corrected chi connectivity index (χ3v) is 5.19. The second-order valence-corrected chi connectivity index (χ2v) is 7.78. The molecule has 0 spiro atoms. The number of nitrogens with one attached hydrogen (secondary N) is 2. The molecule has 0 saturated carbocycles. The molecule has 0 aliphatic carbocycles. The number of hydrogen-bond acceptors (Lipinski definition) is 5. The standard InChI is InChI=1S/C12H24N4O2S2/c1-4-6-13-7-5-8-16(3)20(17,18)15-10-12-9-14-11(2)19-12/h9,13,15H,4-8,10H2,1-3H3. The first-order valence-corrected chi connectivity index (χ1v) is 9.04. The van der Waals surface area contributed by atoms with Crippen molar-refractivity contribution in [1.82, 2.24) is 19.3 Å². The highest BCUT2D eigenvalue weighted by Crippen LogP contribution is 2.11. The summed E-state index contributed by atoms with van der Waals surface area (Å²) in [5, 5.41) is 4.19. The largest absolute Gasteiger partial charge is 0.317 e. The molecular formula is C12H24N4O2S2. The molecule has 1 aromatic rings. The van der Waals surface area contributed by atoms with Crippen LogP contribution in [0.2, 0.25) is 0 Å². The van der Waals surface area contributed by atoms with Crippen LogP contribution in [0, 0.1) is 6.92 Å². The van der Waals surface area contributed by atoms with E-state index < -0.39 is 10.2 Å². The van der Waals surface area contributed by atoms with Gasteiger partial charge in [0, 0.05) is 31.2 Å². The minimum Gasteiger partial charge on any atom is -0.317 e. The quantitative estimate of drug-likeness (QED) is 0.633. The monoisotopic (exact) mass is 320 g/mol. The normalized spacial score (nSPS) is 12.2. The Morgan fingerprint density at radius 2 is 2.15 bits per heavy atom. The van der Waals surface area contributed by atoms with E-state index in [1.807, 2.05) is 6.92 Å². The van der Waals surface area contributed by atoms with Gasteiger partial charge in [0.05, 0.1) is 5.01 Å². The minimum absolute atomic E-state index is 0.298. The maximum Gasteiger partial charge on any atom is 0.279 e. The van der Waals surface area contributed by atoms with Crippen LogP contribution in [0.15, 0.2) is 6.20 Å². The lowest BCUT2D eigenvalue weighted by Crippen LogP contribution is -2.38. The molecule has 0 unspecified atom stereocenters. The van der Waals surface area contributed by atoms with Crippen LogP contribution in [-0.4, -0.2) is 44.4 Å². The van der Waals surface area contributed by atoms with Gasteiger partial charge in [-0.1, -0.05) is 6.92 Å². The highest BCUT2D eigenvalue weighted by Gasteiger charge is 2.16. The van der Waals surface area contributed by atoms with Gasteiger partial charge in [0.2, 0.25) is 0 Å². The van der Waals surface area contributed by atoms with Crippen LogP contribution in [0.5, 0.6) is 0 Å². The average molecular weight is 320 g/mol. The first-order chi connectivity index (χ1) is 9.45. The Bertz CT molecular complexity index is 487. The van der Waals surface area contributed by atoms with Crippen molar-refractivity contribution in [3.8, 4) is 0 Å². The molecule has 0 aliphatic rings. The topological polar surface area (TPSA) is 74.3 Å². The Morgan fingerprint density at radius 1 is 1.40 bits per heavy atom. The van der Waals surface area contributed by atoms with Gasteiger partial charge in [0.1, 0.15) is 0 Å². The first kappa shape index (κ1) is 17.5. The average Bonchev–Trinajstić information content (AvgIpc) is 2.82. The number of hydrogen-bond donors (Lipinski definition) is 2. The molecule has 1 heterocycles. The number of aryl methyl sites for hydroxylation is 1. The lowest BCUT2D eigenvalue weighted by atomic mass is 10.4. The van der Waals surface area contributed by atoms with Crippen molar-refractivity contribution in [2.24, 2.45) is 0 Å². The van der Waals surface area contributed by atoms with Gasteiger partial charge in [-0.25, -0.2) is 4.98 Å². The molecule has 0 atom stereocenters. The predicted octanol–water partition coefficient (Wildman–Crippen LogP) is 1.11. The Labute approximate surface area is 125 Å². The SMILES string of the molecule is CCCNCCCN(C)S(=O)(=O)NCc1cnc(C)s1. The molecule has 0 amide bonds. The van der Waals surface area contributed by atoms with Crippen LogP contribution in [0.25, 0.3) is 0 Å². The van der Waals surface area contributed by atoms with Gasteiger partial charge in [-0.3, -0.25) is 0 Å². The molecule has 2 N–H and O–H groups in total. The molecule has 116 valence electrons. The van der Waals surface area contributed by atoms with Crippen LogP contribution in [0.1, 0.15) is 29.7 Å². The van der Waals surface area contributed by atoms with Gasteiger partial charge in [-0.2, -0.15) is 17.4 Å². The van der Waals surface area contributed by atoms with Gasteiger partial charge < -0.3 is 5.32 Å². The van der Waals surface area contributed by atoms with E-state index in [4.69, 9.17) is 0 Å². The summed E-state index contributed by atoms with van der Waals surface area (Å²) in [4.78, 5) is 5.02. The van der Waals surface area contributed by atoms with Crippen LogP contribution in [0.4, 0.5) is 0 Å². The van der Waals surface area contributed by atoms with Crippen molar-refractivity contribution in [3.05, 3.63) is 16.1 Å². The molecule has 6 nitrogen and oxygen atoms in total. The van der Waals surface area contributed by atoms with Crippen LogP contribution < -0.4 is 10.0 Å². The van der Waals surface area contributed by atoms with Gasteiger partial charge >= 0.3 is 0 Å². The number of rotatable bonds is 10. The minimum atomic E-state index is -3.41. The third-order valence-electron chi connectivity index (χ3n) is 2.76. The van der Waals surface area contributed by atoms with E-state index in [0.717, 1.165) is 35.8 Å². The van der Waals surface area contributed by atoms with Crippen molar-refractivity contribution in [2.45, 2.75) is 33.2 Å². The summed E-state index contributed by atoms with van der Waals surface area (Å²) in [6.45, 7) is 6.62. The zero-order chi connectivity index (χ0) is 15.0. The molecule has 0 saturated heterocycles. The molecule has 1 rings (SSSR count). The zero-order valence-corrected chi connectivity index (χ0v) is 14.0. The van der Waals surface area contributed by atoms with Crippen molar-refractivity contribution in [1.29, 1.82) is 0 Å². The molecule has 0 bridgehead atoms. The molecule has 0 aromatic carbocycles. The highest BCUT2D eigenvalue weighted by molar-refractivity contribution is 7.87. The summed E-state index contributed by atoms with van der Waals surface area (Å²) in [6.07, 6.45) is 3.60. The molecule has 0 fully saturated rings. The summed E-state index contributed by atoms with van der Waals surface area (Å²) >= 11 is 1.50. The molecule has 20 heavy (non-hydrogen) atoms. The van der Waals surface area contributed by atoms with Crippen LogP contribution in [0.3, 0.4) is 0 Å². The Balaban J connectivity index is 2.31. The van der Waals surface area contributed by atoms with E-state index >= 15 is 0 Å². The van der Waals surface area contributed by atoms with Crippen LogP contribution >= 0.6 is 11.3 Å². The van der Waals surface area contributed by atoms with Gasteiger partial charge in [-0.15, -0.1) is 11.3 Å². The first-order valence-electron chi connectivity index (χ1n) is 6.78. The maximum atomic E-state index is 12.0. The highest BCUT2D eigenvalue weighted by atomic mass is 32.2. The lowest BCUT2D eigenvalue weighted by molar-refractivity contribution is 0.444. The summed E-state index contributed by atoms with van der Waals surface area (Å²) in [5.41, 5.74) is 0. The zero-order valence-electron chi connectivity index (χ0n) is 12.3. The molecular weight excluding hydrogens is 296 g/mol. The van der Waals surface area contributed by atoms with Crippen LogP contribution in [-0.2, 0) is 16.8 Å². The second-order valence-electron chi connectivity index (χ2n) is 4.60. The Kier molecular flexibility index (Phi) is 7.60. The van der Waals surface area contributed by atoms with Gasteiger partial charge in [0.25, 0.3) is 10.2 Å². The fourth-order valence-electron chi connectivity index (χ4n) is 1.61. The molecule has 1 aromatic heterocycles. The Morgan fingerprint density at radius 3 is 2.75 bits per heavy atom. The van der Waals surface area contributed by atoms with E-state index in [2.05, 4.69) is 21.9 Å². The lowest BCUT2D eigenvalue weighted by Gasteiger charge is -2.17. The van der Waals surface area contributed by atoms with Crippen molar-refractivity contribution in [3.63, 3.8) is 0 Å². The van der Waals surface area contributed by atoms with Gasteiger partial charge in [-0.05, 0) is 32.9 Å². The molecule has 0 radical (unpaired) electrons. The number of nitrogens with zero attached hydrogens (tertiary/aromatic N) is 2. The Hall–Kier alpha value is -0.540. The summed E-state index contributed by atoms with van der Waals surface area (Å²) in [6, 6.07) is 0. The third kappa shape index (κ3) is 6.27. The van der Waals surface area contributed by atoms with Crippen molar-refractivity contribution in [2.75, 3.05) is 26.7 Å². The maximum absolute atomic E-state index is 12.0. The summed E-state index contributed by atoms with van der Waals surface area (Å²) in [5.74, 6) is 0. The van der Waals surface area contributed by atoms with Crippen molar-refractivity contribution >= 4 is 21.5 Å². The molecule has 0 aliphatic heterocycles. The van der Waals surface area contributed by atoms with E-state index in [1.54, 1.807) is 13.2 Å². The van der Waals surface area contributed by atoms with Gasteiger partial charge in [0.15, 0.2) is 0 Å². The van der Waals surface area contributed by atoms with E-state index in [9.17, 15) is 8.42 Å². The predicted molar refractivity (Wildman–Crippen MR) is 83.0 cm³/mol. The summed E-state index contributed by atoms with van der Waals surface area (Å²) < 4.78 is 28.0. The summed E-state index contributed by atoms with van der Waals surface area (Å²) in [7, 11) is -1.81. The smallest absolute Gasteiger partial charge is 0.279 e. The fraction of sp³-hybridized carbons (Fsp3) is 0.750. The number of aromatic nitrogens is 1. The fourth-order valence-corrected chi connectivity index (χ4v) is 3.36. The van der Waals surface area contributed by atoms with E-state index in [0.29, 0.717) is 13.1 Å².